The maximum Gasteiger partial charge on any atom is 0.220 e. The number of carbonyl (C=O) groups is 1. The summed E-state index contributed by atoms with van der Waals surface area (Å²) < 4.78 is 11.2. The molecule has 6 N–H and O–H groups in total. The average Bonchev–Trinajstić information content (AvgIpc) is 3.39. The van der Waals surface area contributed by atoms with Crippen LogP contribution in [0.4, 0.5) is 0 Å². The molecule has 1 fully saturated rings. The van der Waals surface area contributed by atoms with Gasteiger partial charge in [-0.2, -0.15) is 0 Å². The number of rotatable bonds is 54. The van der Waals surface area contributed by atoms with E-state index in [2.05, 4.69) is 55.6 Å². The van der Waals surface area contributed by atoms with Crippen LogP contribution in [0.25, 0.3) is 0 Å². The molecule has 7 atom stereocenters. The second kappa shape index (κ2) is 53.5. The van der Waals surface area contributed by atoms with Crippen LogP contribution >= 0.6 is 0 Å². The summed E-state index contributed by atoms with van der Waals surface area (Å²) in [6.07, 6.45) is 65.1. The minimum Gasteiger partial charge on any atom is -0.394 e. The van der Waals surface area contributed by atoms with Gasteiger partial charge < -0.3 is 40.3 Å². The third-order valence-corrected chi connectivity index (χ3v) is 14.9. The van der Waals surface area contributed by atoms with E-state index in [4.69, 9.17) is 9.47 Å². The summed E-state index contributed by atoms with van der Waals surface area (Å²) >= 11 is 0. The Morgan fingerprint density at radius 1 is 0.466 bits per heavy atom. The summed E-state index contributed by atoms with van der Waals surface area (Å²) in [6.45, 7) is 3.77. The molecule has 428 valence electrons. The van der Waals surface area contributed by atoms with Gasteiger partial charge in [-0.05, 0) is 64.2 Å². The van der Waals surface area contributed by atoms with Crippen molar-refractivity contribution in [2.75, 3.05) is 13.2 Å². The molecule has 1 aliphatic rings. The summed E-state index contributed by atoms with van der Waals surface area (Å²) in [7, 11) is 0. The summed E-state index contributed by atoms with van der Waals surface area (Å²) in [5.74, 6) is -0.185. The van der Waals surface area contributed by atoms with Crippen LogP contribution in [-0.4, -0.2) is 87.5 Å². The number of hydrogen-bond acceptors (Lipinski definition) is 8. The van der Waals surface area contributed by atoms with Gasteiger partial charge in [0, 0.05) is 6.42 Å². The molecule has 1 amide bonds. The lowest BCUT2D eigenvalue weighted by molar-refractivity contribution is -0.302. The van der Waals surface area contributed by atoms with Gasteiger partial charge in [0.15, 0.2) is 6.29 Å². The monoisotopic (exact) mass is 1030 g/mol. The molecule has 1 heterocycles. The van der Waals surface area contributed by atoms with E-state index >= 15 is 0 Å². The Balaban J connectivity index is 2.07. The van der Waals surface area contributed by atoms with Crippen molar-refractivity contribution < 1.29 is 39.8 Å². The largest absolute Gasteiger partial charge is 0.394 e. The van der Waals surface area contributed by atoms with Gasteiger partial charge in [0.25, 0.3) is 0 Å². The maximum absolute atomic E-state index is 13.0. The molecule has 0 radical (unpaired) electrons. The highest BCUT2D eigenvalue weighted by atomic mass is 16.7. The molecule has 1 aliphatic heterocycles. The van der Waals surface area contributed by atoms with Crippen molar-refractivity contribution in [3.63, 3.8) is 0 Å². The van der Waals surface area contributed by atoms with Crippen molar-refractivity contribution in [3.8, 4) is 0 Å². The minimum absolute atomic E-state index is 0.185. The molecule has 1 rings (SSSR count). The highest BCUT2D eigenvalue weighted by Gasteiger charge is 2.44. The second-order valence-electron chi connectivity index (χ2n) is 21.8. The van der Waals surface area contributed by atoms with Crippen LogP contribution in [0.1, 0.15) is 296 Å². The lowest BCUT2D eigenvalue weighted by atomic mass is 9.99. The quantitative estimate of drug-likeness (QED) is 0.0261. The molecule has 0 aromatic carbocycles. The number of carbonyl (C=O) groups excluding carboxylic acids is 1. The van der Waals surface area contributed by atoms with Crippen molar-refractivity contribution in [3.05, 3.63) is 48.6 Å². The first-order valence-corrected chi connectivity index (χ1v) is 31.4. The van der Waals surface area contributed by atoms with Crippen LogP contribution in [-0.2, 0) is 14.3 Å². The fourth-order valence-corrected chi connectivity index (χ4v) is 9.91. The third-order valence-electron chi connectivity index (χ3n) is 14.9. The van der Waals surface area contributed by atoms with Crippen molar-refractivity contribution in [1.29, 1.82) is 0 Å². The predicted molar refractivity (Wildman–Crippen MR) is 309 cm³/mol. The Bertz CT molecular complexity index is 1290. The number of ether oxygens (including phenoxy) is 2. The summed E-state index contributed by atoms with van der Waals surface area (Å²) in [5, 5.41) is 54.4. The molecule has 0 aliphatic carbocycles. The van der Waals surface area contributed by atoms with Gasteiger partial charge in [0.05, 0.1) is 25.4 Å². The Labute approximate surface area is 450 Å². The molecule has 0 spiro atoms. The molecule has 9 nitrogen and oxygen atoms in total. The molecule has 9 heteroatoms. The highest BCUT2D eigenvalue weighted by Crippen LogP contribution is 2.23. The van der Waals surface area contributed by atoms with Crippen LogP contribution in [0.5, 0.6) is 0 Å². The van der Waals surface area contributed by atoms with E-state index < -0.39 is 49.5 Å². The number of aliphatic hydroxyl groups is 5. The Hall–Kier alpha value is -1.85. The van der Waals surface area contributed by atoms with Crippen LogP contribution in [0.15, 0.2) is 48.6 Å². The van der Waals surface area contributed by atoms with Gasteiger partial charge in [-0.25, -0.2) is 0 Å². The first-order chi connectivity index (χ1) is 35.8. The van der Waals surface area contributed by atoms with Gasteiger partial charge >= 0.3 is 0 Å². The molecular weight excluding hydrogens is 911 g/mol. The topological polar surface area (TPSA) is 149 Å². The van der Waals surface area contributed by atoms with Crippen molar-refractivity contribution >= 4 is 5.91 Å². The van der Waals surface area contributed by atoms with E-state index in [-0.39, 0.29) is 12.5 Å². The fraction of sp³-hybridized carbons (Fsp3) is 0.859. The normalized spacial score (nSPS) is 19.4. The summed E-state index contributed by atoms with van der Waals surface area (Å²) in [6, 6.07) is -0.821. The fourth-order valence-electron chi connectivity index (χ4n) is 9.91. The van der Waals surface area contributed by atoms with Crippen molar-refractivity contribution in [1.82, 2.24) is 5.32 Å². The zero-order valence-electron chi connectivity index (χ0n) is 47.6. The van der Waals surface area contributed by atoms with Gasteiger partial charge in [0.1, 0.15) is 24.4 Å². The number of unbranched alkanes of at least 4 members (excludes halogenated alkanes) is 38. The molecule has 0 bridgehead atoms. The predicted octanol–water partition coefficient (Wildman–Crippen LogP) is 16.1. The number of nitrogens with one attached hydrogen (secondary N) is 1. The molecular formula is C64H119NO8. The van der Waals surface area contributed by atoms with Crippen LogP contribution in [0.2, 0.25) is 0 Å². The zero-order valence-corrected chi connectivity index (χ0v) is 47.6. The second-order valence-corrected chi connectivity index (χ2v) is 21.8. The Morgan fingerprint density at radius 2 is 0.822 bits per heavy atom. The summed E-state index contributed by atoms with van der Waals surface area (Å²) in [5.41, 5.74) is 0. The lowest BCUT2D eigenvalue weighted by Crippen LogP contribution is -2.60. The van der Waals surface area contributed by atoms with E-state index in [9.17, 15) is 30.3 Å². The molecule has 0 aromatic heterocycles. The lowest BCUT2D eigenvalue weighted by Gasteiger charge is -2.40. The van der Waals surface area contributed by atoms with E-state index in [1.54, 1.807) is 6.08 Å². The molecule has 7 unspecified atom stereocenters. The first kappa shape index (κ1) is 69.2. The first-order valence-electron chi connectivity index (χ1n) is 31.4. The van der Waals surface area contributed by atoms with Gasteiger partial charge in [-0.3, -0.25) is 4.79 Å². The molecule has 1 saturated heterocycles. The van der Waals surface area contributed by atoms with Crippen molar-refractivity contribution in [2.24, 2.45) is 0 Å². The summed E-state index contributed by atoms with van der Waals surface area (Å²) in [4.78, 5) is 13.0. The van der Waals surface area contributed by atoms with Crippen LogP contribution in [0, 0.1) is 0 Å². The molecule has 0 aromatic rings. The Morgan fingerprint density at radius 3 is 1.23 bits per heavy atom. The number of hydrogen-bond donors (Lipinski definition) is 6. The van der Waals surface area contributed by atoms with E-state index in [0.29, 0.717) is 6.42 Å². The van der Waals surface area contributed by atoms with E-state index in [1.807, 2.05) is 6.08 Å². The van der Waals surface area contributed by atoms with Crippen LogP contribution in [0.3, 0.4) is 0 Å². The average molecular weight is 1030 g/mol. The minimum atomic E-state index is -1.57. The van der Waals surface area contributed by atoms with Crippen molar-refractivity contribution in [2.45, 2.75) is 339 Å². The molecule has 0 saturated carbocycles. The number of aliphatic hydroxyl groups excluding tert-OH is 5. The smallest absolute Gasteiger partial charge is 0.220 e. The van der Waals surface area contributed by atoms with Gasteiger partial charge in [0.2, 0.25) is 5.91 Å². The standard InChI is InChI=1S/C64H119NO8/c1-3-5-7-9-11-13-15-17-18-19-20-21-22-23-24-25-26-27-28-29-30-31-32-33-34-35-36-37-38-39-40-42-44-46-48-50-52-54-60(68)65-57(56-72-64-63(71)62(70)61(69)59(55-66)73-64)58(67)53-51-49-47-45-43-41-16-14-12-10-8-6-4-2/h24-25,27-28,43,45,51,53,57-59,61-64,66-67,69-71H,3-23,26,29-42,44,46-50,52,54-56H2,1-2H3,(H,65,68)/b25-24-,28-27-,45-43+,53-51+. The van der Waals surface area contributed by atoms with Gasteiger partial charge in [-0.15, -0.1) is 0 Å². The maximum atomic E-state index is 13.0. The third kappa shape index (κ3) is 42.9. The molecule has 73 heavy (non-hydrogen) atoms. The SMILES string of the molecule is CCCCCCCCC/C=C/CC/C=C/C(O)C(COC1OC(CO)C(O)C(O)C1O)NC(=O)CCCCCCCCCCCCCCCCCCC/C=C\C/C=C\CCCCCCCCCCCCCCC. The number of allylic oxidation sites excluding steroid dienone is 7. The van der Waals surface area contributed by atoms with Gasteiger partial charge in [-0.1, -0.05) is 274 Å². The zero-order chi connectivity index (χ0) is 52.9. The number of amides is 1. The van der Waals surface area contributed by atoms with E-state index in [0.717, 1.165) is 44.9 Å². The Kier molecular flexibility index (Phi) is 50.7. The van der Waals surface area contributed by atoms with E-state index in [1.165, 1.54) is 231 Å². The van der Waals surface area contributed by atoms with Crippen LogP contribution < -0.4 is 5.32 Å². The highest BCUT2D eigenvalue weighted by molar-refractivity contribution is 5.76.